The van der Waals surface area contributed by atoms with Crippen molar-refractivity contribution in [3.05, 3.63) is 0 Å². The summed E-state index contributed by atoms with van der Waals surface area (Å²) in [6, 6.07) is -0.556. The first-order valence-electron chi connectivity index (χ1n) is 5.46. The van der Waals surface area contributed by atoms with Crippen molar-refractivity contribution < 1.29 is 19.1 Å². The molecule has 0 N–H and O–H groups in total. The predicted octanol–water partition coefficient (Wildman–Crippen LogP) is 1.93. The summed E-state index contributed by atoms with van der Waals surface area (Å²) < 4.78 is 9.94. The highest BCUT2D eigenvalue weighted by molar-refractivity contribution is 9.09. The van der Waals surface area contributed by atoms with Gasteiger partial charge >= 0.3 is 12.1 Å². The number of rotatable bonds is 1. The van der Waals surface area contributed by atoms with Gasteiger partial charge in [0.25, 0.3) is 0 Å². The zero-order valence-corrected chi connectivity index (χ0v) is 12.1. The van der Waals surface area contributed by atoms with E-state index in [0.717, 1.165) is 0 Å². The van der Waals surface area contributed by atoms with Crippen LogP contribution in [-0.4, -0.2) is 47.1 Å². The van der Waals surface area contributed by atoms with Gasteiger partial charge in [-0.25, -0.2) is 9.59 Å². The van der Waals surface area contributed by atoms with Crippen LogP contribution in [0, 0.1) is 0 Å². The van der Waals surface area contributed by atoms with Crippen LogP contribution in [-0.2, 0) is 14.3 Å². The summed E-state index contributed by atoms with van der Waals surface area (Å²) >= 11 is 3.41. The van der Waals surface area contributed by atoms with Crippen LogP contribution in [0.3, 0.4) is 0 Å². The molecule has 0 aromatic heterocycles. The number of ether oxygens (including phenoxy) is 2. The van der Waals surface area contributed by atoms with Crippen molar-refractivity contribution >= 4 is 28.0 Å². The minimum Gasteiger partial charge on any atom is -0.467 e. The molecule has 2 unspecified atom stereocenters. The highest BCUT2D eigenvalue weighted by Gasteiger charge is 2.41. The van der Waals surface area contributed by atoms with Crippen LogP contribution in [0.25, 0.3) is 0 Å². The summed E-state index contributed by atoms with van der Waals surface area (Å²) in [6.45, 7) is 5.83. The number of hydrogen-bond donors (Lipinski definition) is 0. The standard InChI is InChI=1S/C11H18BrNO4/c1-11(2,3)17-10(15)13-6-7(12)5-8(13)9(14)16-4/h7-8H,5-6H2,1-4H3. The largest absolute Gasteiger partial charge is 0.467 e. The van der Waals surface area contributed by atoms with Gasteiger partial charge in [-0.15, -0.1) is 0 Å². The number of alkyl halides is 1. The van der Waals surface area contributed by atoms with Crippen LogP contribution in [0.1, 0.15) is 27.2 Å². The van der Waals surface area contributed by atoms with Gasteiger partial charge in [-0.1, -0.05) is 15.9 Å². The molecule has 1 amide bonds. The average molecular weight is 308 g/mol. The Hall–Kier alpha value is -0.780. The number of carbonyl (C=O) groups is 2. The molecule has 1 fully saturated rings. The van der Waals surface area contributed by atoms with Crippen molar-refractivity contribution in [2.75, 3.05) is 13.7 Å². The van der Waals surface area contributed by atoms with Gasteiger partial charge in [-0.3, -0.25) is 4.90 Å². The number of nitrogens with zero attached hydrogens (tertiary/aromatic N) is 1. The molecule has 0 bridgehead atoms. The molecule has 0 aromatic carbocycles. The second-order valence-corrected chi connectivity index (χ2v) is 6.30. The predicted molar refractivity (Wildman–Crippen MR) is 66.1 cm³/mol. The number of methoxy groups -OCH3 is 1. The molecule has 0 aromatic rings. The highest BCUT2D eigenvalue weighted by atomic mass is 79.9. The Morgan fingerprint density at radius 2 is 1.94 bits per heavy atom. The molecule has 0 radical (unpaired) electrons. The Kier molecular flexibility index (Phi) is 4.41. The second-order valence-electron chi connectivity index (χ2n) is 5.00. The Labute approximate surface area is 110 Å². The quantitative estimate of drug-likeness (QED) is 0.549. The molecule has 0 saturated carbocycles. The molecule has 1 aliphatic heterocycles. The van der Waals surface area contributed by atoms with Crippen LogP contribution < -0.4 is 0 Å². The first-order chi connectivity index (χ1) is 7.74. The lowest BCUT2D eigenvalue weighted by atomic mass is 10.2. The van der Waals surface area contributed by atoms with Gasteiger partial charge in [0, 0.05) is 11.4 Å². The van der Waals surface area contributed by atoms with Crippen molar-refractivity contribution in [2.45, 2.75) is 43.7 Å². The van der Waals surface area contributed by atoms with Gasteiger partial charge in [0.2, 0.25) is 0 Å². The van der Waals surface area contributed by atoms with Crippen LogP contribution in [0.15, 0.2) is 0 Å². The van der Waals surface area contributed by atoms with Crippen molar-refractivity contribution in [2.24, 2.45) is 0 Å². The third-order valence-corrected chi connectivity index (χ3v) is 3.01. The van der Waals surface area contributed by atoms with Gasteiger partial charge in [0.1, 0.15) is 11.6 Å². The summed E-state index contributed by atoms with van der Waals surface area (Å²) in [7, 11) is 1.32. The Morgan fingerprint density at radius 3 is 2.41 bits per heavy atom. The maximum absolute atomic E-state index is 11.9. The van der Waals surface area contributed by atoms with E-state index in [1.165, 1.54) is 12.0 Å². The zero-order valence-electron chi connectivity index (χ0n) is 10.5. The van der Waals surface area contributed by atoms with Crippen molar-refractivity contribution in [3.8, 4) is 0 Å². The minimum absolute atomic E-state index is 0.0964. The van der Waals surface area contributed by atoms with Crippen LogP contribution >= 0.6 is 15.9 Å². The van der Waals surface area contributed by atoms with Gasteiger partial charge in [0.05, 0.1) is 7.11 Å². The Balaban J connectivity index is 2.73. The molecule has 5 nitrogen and oxygen atoms in total. The van der Waals surface area contributed by atoms with E-state index in [2.05, 4.69) is 20.7 Å². The lowest BCUT2D eigenvalue weighted by Crippen LogP contribution is -2.43. The molecule has 6 heteroatoms. The van der Waals surface area contributed by atoms with E-state index >= 15 is 0 Å². The maximum atomic E-state index is 11.9. The fraction of sp³-hybridized carbons (Fsp3) is 0.818. The molecule has 17 heavy (non-hydrogen) atoms. The summed E-state index contributed by atoms with van der Waals surface area (Å²) in [5.41, 5.74) is -0.567. The van der Waals surface area contributed by atoms with E-state index in [4.69, 9.17) is 4.74 Å². The summed E-state index contributed by atoms with van der Waals surface area (Å²) in [4.78, 5) is 25.0. The van der Waals surface area contributed by atoms with Crippen LogP contribution in [0.2, 0.25) is 0 Å². The monoisotopic (exact) mass is 307 g/mol. The fourth-order valence-electron chi connectivity index (χ4n) is 1.67. The molecule has 1 rings (SSSR count). The number of carbonyl (C=O) groups excluding carboxylic acids is 2. The summed E-state index contributed by atoms with van der Waals surface area (Å²) in [6.07, 6.45) is 0.0705. The summed E-state index contributed by atoms with van der Waals surface area (Å²) in [5.74, 6) is -0.405. The van der Waals surface area contributed by atoms with E-state index in [1.54, 1.807) is 20.8 Å². The van der Waals surface area contributed by atoms with Crippen molar-refractivity contribution in [1.82, 2.24) is 4.90 Å². The van der Waals surface area contributed by atoms with E-state index in [9.17, 15) is 9.59 Å². The van der Waals surface area contributed by atoms with Gasteiger partial charge < -0.3 is 9.47 Å². The van der Waals surface area contributed by atoms with Gasteiger partial charge in [-0.05, 0) is 27.2 Å². The molecular formula is C11H18BrNO4. The fourth-order valence-corrected chi connectivity index (χ4v) is 2.33. The SMILES string of the molecule is COC(=O)C1CC(Br)CN1C(=O)OC(C)(C)C. The minimum atomic E-state index is -0.567. The lowest BCUT2D eigenvalue weighted by molar-refractivity contribution is -0.145. The Morgan fingerprint density at radius 1 is 1.35 bits per heavy atom. The normalized spacial score (nSPS) is 24.6. The molecular weight excluding hydrogens is 290 g/mol. The number of halogens is 1. The molecule has 2 atom stereocenters. The number of hydrogen-bond acceptors (Lipinski definition) is 4. The van der Waals surface area contributed by atoms with Crippen LogP contribution in [0.4, 0.5) is 4.79 Å². The van der Waals surface area contributed by atoms with Gasteiger partial charge in [-0.2, -0.15) is 0 Å². The zero-order chi connectivity index (χ0) is 13.2. The number of likely N-dealkylation sites (tertiary alicyclic amines) is 1. The lowest BCUT2D eigenvalue weighted by Gasteiger charge is -2.27. The molecule has 1 saturated heterocycles. The van der Waals surface area contributed by atoms with Crippen LogP contribution in [0.5, 0.6) is 0 Å². The molecule has 0 aliphatic carbocycles. The third kappa shape index (κ3) is 3.87. The number of amides is 1. The molecule has 98 valence electrons. The first-order valence-corrected chi connectivity index (χ1v) is 6.37. The molecule has 0 spiro atoms. The van der Waals surface area contributed by atoms with Crippen molar-refractivity contribution in [3.63, 3.8) is 0 Å². The Bertz CT molecular complexity index is 313. The molecule has 1 heterocycles. The average Bonchev–Trinajstić information content (AvgIpc) is 2.56. The van der Waals surface area contributed by atoms with E-state index in [0.29, 0.717) is 13.0 Å². The van der Waals surface area contributed by atoms with E-state index in [1.807, 2.05) is 0 Å². The topological polar surface area (TPSA) is 55.8 Å². The third-order valence-electron chi connectivity index (χ3n) is 2.35. The first kappa shape index (κ1) is 14.3. The van der Waals surface area contributed by atoms with E-state index < -0.39 is 23.7 Å². The molecule has 1 aliphatic rings. The highest BCUT2D eigenvalue weighted by Crippen LogP contribution is 2.26. The van der Waals surface area contributed by atoms with E-state index in [-0.39, 0.29) is 4.83 Å². The number of esters is 1. The smallest absolute Gasteiger partial charge is 0.411 e. The summed E-state index contributed by atoms with van der Waals surface area (Å²) in [5, 5.41) is 0. The second kappa shape index (κ2) is 5.25. The van der Waals surface area contributed by atoms with Gasteiger partial charge in [0.15, 0.2) is 0 Å². The maximum Gasteiger partial charge on any atom is 0.411 e. The van der Waals surface area contributed by atoms with Crippen molar-refractivity contribution in [1.29, 1.82) is 0 Å².